The molecule has 7 heteroatoms. The molecule has 0 fully saturated rings. The summed E-state index contributed by atoms with van der Waals surface area (Å²) in [4.78, 5) is 16.9. The Kier molecular flexibility index (Phi) is 5.58. The van der Waals surface area contributed by atoms with Gasteiger partial charge in [-0.3, -0.25) is 9.78 Å². The van der Waals surface area contributed by atoms with Gasteiger partial charge in [-0.2, -0.15) is 0 Å². The molecule has 0 bridgehead atoms. The molecule has 3 aromatic rings. The second-order valence-electron chi connectivity index (χ2n) is 6.51. The fourth-order valence-electron chi connectivity index (χ4n) is 2.71. The number of carbonyl (C=O) groups is 1. The second kappa shape index (κ2) is 7.92. The number of hydrogen-bond donors (Lipinski definition) is 1. The number of benzene rings is 2. The minimum absolute atomic E-state index is 0.126. The van der Waals surface area contributed by atoms with Crippen LogP contribution in [0.4, 0.5) is 5.69 Å². The van der Waals surface area contributed by atoms with Gasteiger partial charge in [-0.1, -0.05) is 30.3 Å². The smallest absolute Gasteiger partial charge is 0.248 e. The van der Waals surface area contributed by atoms with Crippen LogP contribution in [0.25, 0.3) is 17.0 Å². The normalized spacial score (nSPS) is 12.0. The Morgan fingerprint density at radius 3 is 2.61 bits per heavy atom. The lowest BCUT2D eigenvalue weighted by atomic mass is 10.1. The summed E-state index contributed by atoms with van der Waals surface area (Å²) in [6.45, 7) is 1.81. The summed E-state index contributed by atoms with van der Waals surface area (Å²) >= 11 is 0. The number of amides is 1. The zero-order valence-corrected chi connectivity index (χ0v) is 16.7. The number of nitrogens with one attached hydrogen (secondary N) is 1. The summed E-state index contributed by atoms with van der Waals surface area (Å²) in [5, 5.41) is 3.74. The largest absolute Gasteiger partial charge is 0.322 e. The number of pyridine rings is 1. The van der Waals surface area contributed by atoms with E-state index in [1.54, 1.807) is 25.3 Å². The average Bonchev–Trinajstić information content (AvgIpc) is 2.67. The Labute approximate surface area is 164 Å². The molecule has 1 aromatic heterocycles. The first-order valence-corrected chi connectivity index (χ1v) is 10.1. The predicted octanol–water partition coefficient (Wildman–Crippen LogP) is 3.45. The number of sulfonamides is 1. The van der Waals surface area contributed by atoms with Crippen LogP contribution in [0.5, 0.6) is 0 Å². The molecular formula is C21H21N3O3S. The monoisotopic (exact) mass is 395 g/mol. The van der Waals surface area contributed by atoms with E-state index in [1.807, 2.05) is 30.3 Å². The molecule has 0 atom stereocenters. The van der Waals surface area contributed by atoms with Crippen LogP contribution in [-0.2, 0) is 14.8 Å². The summed E-state index contributed by atoms with van der Waals surface area (Å²) in [6, 6.07) is 14.2. The van der Waals surface area contributed by atoms with Gasteiger partial charge in [0.05, 0.1) is 10.4 Å². The highest BCUT2D eigenvalue weighted by Gasteiger charge is 2.18. The van der Waals surface area contributed by atoms with Crippen molar-refractivity contribution < 1.29 is 13.2 Å². The lowest BCUT2D eigenvalue weighted by molar-refractivity contribution is -0.111. The van der Waals surface area contributed by atoms with Gasteiger partial charge in [0.25, 0.3) is 0 Å². The lowest BCUT2D eigenvalue weighted by Crippen LogP contribution is -2.22. The van der Waals surface area contributed by atoms with Gasteiger partial charge in [0.15, 0.2) is 0 Å². The summed E-state index contributed by atoms with van der Waals surface area (Å²) in [5.74, 6) is -0.351. The van der Waals surface area contributed by atoms with Crippen LogP contribution in [0, 0.1) is 6.92 Å². The van der Waals surface area contributed by atoms with E-state index < -0.39 is 10.0 Å². The number of aryl methyl sites for hydroxylation is 1. The molecule has 2 aromatic carbocycles. The van der Waals surface area contributed by atoms with Crippen LogP contribution in [0.15, 0.2) is 65.7 Å². The summed E-state index contributed by atoms with van der Waals surface area (Å²) in [6.07, 6.45) is 4.82. The molecule has 28 heavy (non-hydrogen) atoms. The zero-order chi connectivity index (χ0) is 20.3. The van der Waals surface area contributed by atoms with Crippen molar-refractivity contribution in [2.75, 3.05) is 19.4 Å². The van der Waals surface area contributed by atoms with E-state index in [0.717, 1.165) is 26.3 Å². The highest BCUT2D eigenvalue weighted by Crippen LogP contribution is 2.22. The Morgan fingerprint density at radius 2 is 1.86 bits per heavy atom. The topological polar surface area (TPSA) is 79.4 Å². The maximum Gasteiger partial charge on any atom is 0.248 e. The van der Waals surface area contributed by atoms with Crippen LogP contribution < -0.4 is 5.32 Å². The van der Waals surface area contributed by atoms with Gasteiger partial charge in [0.2, 0.25) is 15.9 Å². The van der Waals surface area contributed by atoms with Crippen molar-refractivity contribution in [1.29, 1.82) is 0 Å². The van der Waals surface area contributed by atoms with Gasteiger partial charge in [0.1, 0.15) is 0 Å². The van der Waals surface area contributed by atoms with Crippen molar-refractivity contribution in [3.63, 3.8) is 0 Å². The number of para-hydroxylation sites is 1. The van der Waals surface area contributed by atoms with E-state index in [9.17, 15) is 13.2 Å². The van der Waals surface area contributed by atoms with Gasteiger partial charge < -0.3 is 5.32 Å². The maximum absolute atomic E-state index is 12.4. The van der Waals surface area contributed by atoms with E-state index in [4.69, 9.17) is 0 Å². The first-order valence-electron chi connectivity index (χ1n) is 8.65. The summed E-state index contributed by atoms with van der Waals surface area (Å²) < 4.78 is 25.8. The first-order chi connectivity index (χ1) is 13.3. The number of fused-ring (bicyclic) bond motifs is 1. The molecule has 0 aliphatic heterocycles. The predicted molar refractivity (Wildman–Crippen MR) is 111 cm³/mol. The fourth-order valence-corrected chi connectivity index (χ4v) is 3.64. The van der Waals surface area contributed by atoms with Gasteiger partial charge in [-0.15, -0.1) is 0 Å². The van der Waals surface area contributed by atoms with Crippen LogP contribution in [0.3, 0.4) is 0 Å². The first kappa shape index (κ1) is 19.7. The third kappa shape index (κ3) is 4.11. The SMILES string of the molecule is Cc1ccc(S(=O)(=O)N(C)C)cc1NC(=O)/C=C/c1cccc2cccnc12. The molecule has 6 nitrogen and oxygen atoms in total. The third-order valence-electron chi connectivity index (χ3n) is 4.32. The molecule has 0 saturated carbocycles. The van der Waals surface area contributed by atoms with Crippen LogP contribution in [0.2, 0.25) is 0 Å². The van der Waals surface area contributed by atoms with Crippen LogP contribution in [0.1, 0.15) is 11.1 Å². The van der Waals surface area contributed by atoms with Crippen molar-refractivity contribution in [3.8, 4) is 0 Å². The van der Waals surface area contributed by atoms with E-state index in [-0.39, 0.29) is 10.8 Å². The average molecular weight is 395 g/mol. The lowest BCUT2D eigenvalue weighted by Gasteiger charge is -2.14. The van der Waals surface area contributed by atoms with Gasteiger partial charge in [0, 0.05) is 43.0 Å². The second-order valence-corrected chi connectivity index (χ2v) is 8.66. The molecule has 1 N–H and O–H groups in total. The Balaban J connectivity index is 1.84. The zero-order valence-electron chi connectivity index (χ0n) is 15.9. The van der Waals surface area contributed by atoms with Gasteiger partial charge in [-0.05, 0) is 36.8 Å². The minimum atomic E-state index is -3.58. The molecule has 3 rings (SSSR count). The van der Waals surface area contributed by atoms with Crippen molar-refractivity contribution in [3.05, 3.63) is 71.9 Å². The molecule has 1 amide bonds. The number of aromatic nitrogens is 1. The number of nitrogens with zero attached hydrogens (tertiary/aromatic N) is 2. The van der Waals surface area contributed by atoms with E-state index >= 15 is 0 Å². The molecule has 0 saturated heterocycles. The standard InChI is InChI=1S/C21H21N3O3S/c1-15-9-11-18(28(26,27)24(2)3)14-19(15)23-20(25)12-10-17-7-4-6-16-8-5-13-22-21(16)17/h4-14H,1-3H3,(H,23,25)/b12-10+. The number of rotatable bonds is 5. The Bertz CT molecular complexity index is 1160. The molecule has 0 aliphatic carbocycles. The van der Waals surface area contributed by atoms with Crippen molar-refractivity contribution in [2.45, 2.75) is 11.8 Å². The molecular weight excluding hydrogens is 374 g/mol. The summed E-state index contributed by atoms with van der Waals surface area (Å²) in [5.41, 5.74) is 2.86. The van der Waals surface area contributed by atoms with Crippen molar-refractivity contribution in [2.24, 2.45) is 0 Å². The fraction of sp³-hybridized carbons (Fsp3) is 0.143. The number of carbonyl (C=O) groups excluding carboxylic acids is 1. The van der Waals surface area contributed by atoms with Crippen LogP contribution >= 0.6 is 0 Å². The molecule has 0 aliphatic rings. The summed E-state index contributed by atoms with van der Waals surface area (Å²) in [7, 11) is -0.642. The molecule has 0 unspecified atom stereocenters. The molecule has 0 spiro atoms. The molecule has 0 radical (unpaired) electrons. The highest BCUT2D eigenvalue weighted by atomic mass is 32.2. The minimum Gasteiger partial charge on any atom is -0.322 e. The van der Waals surface area contributed by atoms with Gasteiger partial charge >= 0.3 is 0 Å². The third-order valence-corrected chi connectivity index (χ3v) is 6.13. The molecule has 144 valence electrons. The van der Waals surface area contributed by atoms with Crippen LogP contribution in [-0.4, -0.2) is 37.7 Å². The van der Waals surface area contributed by atoms with Crippen molar-refractivity contribution >= 4 is 38.6 Å². The van der Waals surface area contributed by atoms with E-state index in [2.05, 4.69) is 10.3 Å². The maximum atomic E-state index is 12.4. The van der Waals surface area contributed by atoms with Crippen molar-refractivity contribution in [1.82, 2.24) is 9.29 Å². The number of anilines is 1. The van der Waals surface area contributed by atoms with E-state index in [0.29, 0.717) is 5.69 Å². The van der Waals surface area contributed by atoms with E-state index in [1.165, 1.54) is 32.3 Å². The highest BCUT2D eigenvalue weighted by molar-refractivity contribution is 7.89. The Hall–Kier alpha value is -3.03. The number of hydrogen-bond acceptors (Lipinski definition) is 4. The molecule has 1 heterocycles. The quantitative estimate of drug-likeness (QED) is 0.671. The van der Waals surface area contributed by atoms with Gasteiger partial charge in [-0.25, -0.2) is 12.7 Å². The Morgan fingerprint density at radius 1 is 1.11 bits per heavy atom.